The monoisotopic (exact) mass is 414 g/mol. The fourth-order valence-electron chi connectivity index (χ4n) is 3.60. The third kappa shape index (κ3) is 8.66. The smallest absolute Gasteiger partial charge is 0.223 e. The molecule has 1 fully saturated rings. The van der Waals surface area contributed by atoms with Crippen molar-refractivity contribution in [2.24, 2.45) is 17.6 Å². The van der Waals surface area contributed by atoms with Crippen LogP contribution in [0.5, 0.6) is 0 Å². The van der Waals surface area contributed by atoms with Crippen LogP contribution in [0, 0.1) is 11.8 Å². The van der Waals surface area contributed by atoms with Crippen LogP contribution in [0.15, 0.2) is 31.4 Å². The zero-order valence-electron chi connectivity index (χ0n) is 19.7. The van der Waals surface area contributed by atoms with E-state index >= 15 is 0 Å². The summed E-state index contributed by atoms with van der Waals surface area (Å²) in [6.45, 7) is 17.8. The van der Waals surface area contributed by atoms with E-state index < -0.39 is 6.04 Å². The summed E-state index contributed by atoms with van der Waals surface area (Å²) in [5.41, 5.74) is 8.70. The number of hydrogen-bond acceptors (Lipinski definition) is 3. The van der Waals surface area contributed by atoms with E-state index in [1.54, 1.807) is 12.2 Å². The number of benzene rings is 1. The number of carbonyl (C=O) groups excluding carboxylic acids is 2. The molecule has 4 nitrogen and oxygen atoms in total. The molecule has 1 aliphatic carbocycles. The second kappa shape index (κ2) is 15.6. The number of ketones is 1. The van der Waals surface area contributed by atoms with Crippen LogP contribution in [0.2, 0.25) is 0 Å². The molecule has 0 spiro atoms. The van der Waals surface area contributed by atoms with Gasteiger partial charge in [0.05, 0.1) is 6.04 Å². The molecule has 0 aliphatic heterocycles. The van der Waals surface area contributed by atoms with Gasteiger partial charge in [0.15, 0.2) is 5.78 Å². The lowest BCUT2D eigenvalue weighted by atomic mass is 9.81. The molecule has 0 aromatic heterocycles. The van der Waals surface area contributed by atoms with Gasteiger partial charge in [-0.25, -0.2) is 0 Å². The Labute approximate surface area is 184 Å². The largest absolute Gasteiger partial charge is 0.346 e. The third-order valence-corrected chi connectivity index (χ3v) is 5.39. The molecule has 1 atom stereocenters. The molecule has 168 valence electrons. The predicted octanol–water partition coefficient (Wildman–Crippen LogP) is 5.41. The first-order chi connectivity index (χ1) is 14.5. The lowest BCUT2D eigenvalue weighted by molar-refractivity contribution is -0.130. The molecule has 0 heterocycles. The van der Waals surface area contributed by atoms with Crippen molar-refractivity contribution in [1.29, 1.82) is 0 Å². The van der Waals surface area contributed by atoms with Crippen molar-refractivity contribution in [1.82, 2.24) is 5.32 Å². The Morgan fingerprint density at radius 2 is 1.63 bits per heavy atom. The van der Waals surface area contributed by atoms with Crippen LogP contribution in [0.1, 0.15) is 77.0 Å². The van der Waals surface area contributed by atoms with Crippen molar-refractivity contribution in [2.75, 3.05) is 6.54 Å². The first-order valence-corrected chi connectivity index (χ1v) is 11.4. The number of carbonyl (C=O) groups is 2. The minimum absolute atomic E-state index is 0.00710. The highest BCUT2D eigenvalue weighted by Crippen LogP contribution is 2.28. The zero-order chi connectivity index (χ0) is 23.1. The molecule has 1 unspecified atom stereocenters. The van der Waals surface area contributed by atoms with Gasteiger partial charge in [-0.1, -0.05) is 71.2 Å². The highest BCUT2D eigenvalue weighted by Gasteiger charge is 2.28. The highest BCUT2D eigenvalue weighted by molar-refractivity contribution is 5.88. The molecule has 4 heteroatoms. The number of Topliss-reactive ketones (excluding diaryl/α,β-unsaturated/α-hetero) is 1. The first kappa shape index (κ1) is 27.8. The molecule has 1 saturated carbocycles. The Balaban J connectivity index is 0.00000198. The molecular formula is C26H42N2O2. The Morgan fingerprint density at radius 3 is 2.10 bits per heavy atom. The van der Waals surface area contributed by atoms with Gasteiger partial charge in [-0.05, 0) is 68.2 Å². The second-order valence-electron chi connectivity index (χ2n) is 7.20. The molecule has 3 N–H and O–H groups in total. The topological polar surface area (TPSA) is 72.2 Å². The Bertz CT molecular complexity index is 674. The van der Waals surface area contributed by atoms with Crippen molar-refractivity contribution >= 4 is 23.8 Å². The van der Waals surface area contributed by atoms with Crippen molar-refractivity contribution in [3.63, 3.8) is 0 Å². The van der Waals surface area contributed by atoms with E-state index in [2.05, 4.69) is 18.5 Å². The summed E-state index contributed by atoms with van der Waals surface area (Å²) in [6.07, 6.45) is 7.73. The summed E-state index contributed by atoms with van der Waals surface area (Å²) in [7, 11) is 0. The minimum Gasteiger partial charge on any atom is -0.346 e. The Morgan fingerprint density at radius 1 is 1.07 bits per heavy atom. The summed E-state index contributed by atoms with van der Waals surface area (Å²) in [5, 5.41) is 2.97. The molecule has 0 radical (unpaired) electrons. The highest BCUT2D eigenvalue weighted by atomic mass is 16.2. The molecule has 30 heavy (non-hydrogen) atoms. The van der Waals surface area contributed by atoms with E-state index in [0.29, 0.717) is 18.9 Å². The first-order valence-electron chi connectivity index (χ1n) is 11.4. The Hall–Kier alpha value is -2.20. The van der Waals surface area contributed by atoms with E-state index in [1.807, 2.05) is 45.9 Å². The third-order valence-electron chi connectivity index (χ3n) is 5.39. The van der Waals surface area contributed by atoms with Crippen molar-refractivity contribution in [3.8, 4) is 0 Å². The number of nitrogens with one attached hydrogen (secondary N) is 1. The van der Waals surface area contributed by atoms with Gasteiger partial charge in [0.1, 0.15) is 0 Å². The standard InChI is InChI=1S/C22H30N2O2.2C2H6/c1-4-18-9-8-17(12-19(18)5-2)13-21(15(3)25)24-22(26)20-10-6-16(14-23)7-11-20;2*1-2/h4-5,8-9,12,16,20-21H,1-2,6-7,10-11,13-14,23H2,3H3,(H,24,26);2*1-2H3. The van der Waals surface area contributed by atoms with Crippen LogP contribution >= 0.6 is 0 Å². The van der Waals surface area contributed by atoms with Gasteiger partial charge in [0.2, 0.25) is 5.91 Å². The van der Waals surface area contributed by atoms with Gasteiger partial charge >= 0.3 is 0 Å². The van der Waals surface area contributed by atoms with Gasteiger partial charge in [-0.15, -0.1) is 0 Å². The fraction of sp³-hybridized carbons (Fsp3) is 0.538. The Kier molecular flexibility index (Phi) is 14.5. The average Bonchev–Trinajstić information content (AvgIpc) is 2.81. The maximum Gasteiger partial charge on any atom is 0.223 e. The van der Waals surface area contributed by atoms with E-state index in [1.165, 1.54) is 6.92 Å². The fourth-order valence-corrected chi connectivity index (χ4v) is 3.60. The summed E-state index contributed by atoms with van der Waals surface area (Å²) in [5.74, 6) is 0.490. The van der Waals surface area contributed by atoms with Crippen LogP contribution in [-0.2, 0) is 16.0 Å². The van der Waals surface area contributed by atoms with Gasteiger partial charge in [0, 0.05) is 5.92 Å². The van der Waals surface area contributed by atoms with Crippen LogP contribution < -0.4 is 11.1 Å². The lowest BCUT2D eigenvalue weighted by Crippen LogP contribution is -2.45. The van der Waals surface area contributed by atoms with Crippen molar-refractivity contribution < 1.29 is 9.59 Å². The van der Waals surface area contributed by atoms with E-state index in [9.17, 15) is 9.59 Å². The van der Waals surface area contributed by atoms with Gasteiger partial charge in [0.25, 0.3) is 0 Å². The van der Waals surface area contributed by atoms with Crippen molar-refractivity contribution in [3.05, 3.63) is 48.0 Å². The minimum atomic E-state index is -0.498. The summed E-state index contributed by atoms with van der Waals surface area (Å²) < 4.78 is 0. The van der Waals surface area contributed by atoms with E-state index in [-0.39, 0.29) is 17.6 Å². The maximum atomic E-state index is 12.6. The van der Waals surface area contributed by atoms with Crippen LogP contribution in [0.3, 0.4) is 0 Å². The van der Waals surface area contributed by atoms with Gasteiger partial charge in [-0.2, -0.15) is 0 Å². The molecule has 0 saturated heterocycles. The lowest BCUT2D eigenvalue weighted by Gasteiger charge is -2.28. The van der Waals surface area contributed by atoms with Gasteiger partial charge < -0.3 is 11.1 Å². The van der Waals surface area contributed by atoms with E-state index in [4.69, 9.17) is 5.73 Å². The number of amides is 1. The normalized spacial score (nSPS) is 18.5. The number of nitrogens with two attached hydrogens (primary N) is 1. The maximum absolute atomic E-state index is 12.6. The van der Waals surface area contributed by atoms with Crippen molar-refractivity contribution in [2.45, 2.75) is 72.8 Å². The summed E-state index contributed by atoms with van der Waals surface area (Å²) in [6, 6.07) is 5.44. The predicted molar refractivity (Wildman–Crippen MR) is 130 cm³/mol. The molecule has 1 aromatic rings. The molecule has 1 amide bonds. The molecule has 1 aromatic carbocycles. The molecular weight excluding hydrogens is 372 g/mol. The van der Waals surface area contributed by atoms with Crippen LogP contribution in [0.4, 0.5) is 0 Å². The van der Waals surface area contributed by atoms with E-state index in [0.717, 1.165) is 42.4 Å². The number of rotatable bonds is 8. The molecule has 2 rings (SSSR count). The SMILES string of the molecule is C=Cc1ccc(CC(NC(=O)C2CCC(CN)CC2)C(C)=O)cc1C=C.CC.CC. The van der Waals surface area contributed by atoms with Crippen LogP contribution in [-0.4, -0.2) is 24.3 Å². The average molecular weight is 415 g/mol. The number of hydrogen-bond donors (Lipinski definition) is 2. The van der Waals surface area contributed by atoms with Crippen LogP contribution in [0.25, 0.3) is 12.2 Å². The van der Waals surface area contributed by atoms with Gasteiger partial charge in [-0.3, -0.25) is 9.59 Å². The summed E-state index contributed by atoms with van der Waals surface area (Å²) >= 11 is 0. The zero-order valence-corrected chi connectivity index (χ0v) is 19.7. The summed E-state index contributed by atoms with van der Waals surface area (Å²) in [4.78, 5) is 24.7. The second-order valence-corrected chi connectivity index (χ2v) is 7.20. The molecule has 0 bridgehead atoms. The quantitative estimate of drug-likeness (QED) is 0.598. The molecule has 1 aliphatic rings.